The van der Waals surface area contributed by atoms with E-state index in [9.17, 15) is 0 Å². The molecule has 0 amide bonds. The number of hydrogen-bond donors (Lipinski definition) is 0. The van der Waals surface area contributed by atoms with Crippen LogP contribution in [0, 0.1) is 6.92 Å². The summed E-state index contributed by atoms with van der Waals surface area (Å²) in [6, 6.07) is 14.0. The normalized spacial score (nSPS) is 11.7. The van der Waals surface area contributed by atoms with Crippen molar-refractivity contribution in [3.63, 3.8) is 0 Å². The third-order valence-electron chi connectivity index (χ3n) is 3.70. The third-order valence-corrected chi connectivity index (χ3v) is 5.46. The zero-order valence-electron chi connectivity index (χ0n) is 11.7. The largest absolute Gasteiger partial charge is 0.126 e. The van der Waals surface area contributed by atoms with E-state index >= 15 is 0 Å². The van der Waals surface area contributed by atoms with Crippen molar-refractivity contribution in [3.05, 3.63) is 69.2 Å². The summed E-state index contributed by atoms with van der Waals surface area (Å²) in [5.74, 6) is 0.889. The summed E-state index contributed by atoms with van der Waals surface area (Å²) in [5.41, 5.74) is 3.12. The first-order valence-electron chi connectivity index (χ1n) is 6.64. The number of aryl methyl sites for hydroxylation is 1. The number of rotatable bonds is 5. The van der Waals surface area contributed by atoms with Gasteiger partial charge in [-0.25, -0.2) is 0 Å². The monoisotopic (exact) mass is 360 g/mol. The molecule has 0 bridgehead atoms. The van der Waals surface area contributed by atoms with Gasteiger partial charge < -0.3 is 0 Å². The Morgan fingerprint density at radius 2 is 1.48 bits per heavy atom. The van der Waals surface area contributed by atoms with Gasteiger partial charge in [0.05, 0.1) is 10.0 Å². The Balaban J connectivity index is 2.37. The summed E-state index contributed by atoms with van der Waals surface area (Å²) in [7, 11) is 0. The first kappa shape index (κ1) is 17.0. The summed E-state index contributed by atoms with van der Waals surface area (Å²) in [4.78, 5) is 0. The van der Waals surface area contributed by atoms with E-state index < -0.39 is 0 Å². The van der Waals surface area contributed by atoms with E-state index in [0.717, 1.165) is 17.5 Å². The number of halogens is 4. The average Bonchev–Trinajstić information content (AvgIpc) is 2.49. The van der Waals surface area contributed by atoms with E-state index in [-0.39, 0.29) is 5.41 Å². The van der Waals surface area contributed by atoms with Gasteiger partial charge in [0.15, 0.2) is 0 Å². The Morgan fingerprint density at radius 1 is 0.857 bits per heavy atom. The molecule has 0 aliphatic heterocycles. The maximum absolute atomic E-state index is 6.28. The smallest absolute Gasteiger partial charge is 0.0595 e. The molecule has 0 saturated heterocycles. The molecule has 0 heterocycles. The predicted octanol–water partition coefficient (Wildman–Crippen LogP) is 6.26. The zero-order chi connectivity index (χ0) is 15.5. The Morgan fingerprint density at radius 3 is 2.00 bits per heavy atom. The highest BCUT2D eigenvalue weighted by Crippen LogP contribution is 2.33. The van der Waals surface area contributed by atoms with Crippen molar-refractivity contribution in [3.8, 4) is 0 Å². The molecule has 4 heteroatoms. The lowest BCUT2D eigenvalue weighted by atomic mass is 9.78. The van der Waals surface area contributed by atoms with Crippen molar-refractivity contribution in [2.45, 2.75) is 18.8 Å². The van der Waals surface area contributed by atoms with Crippen molar-refractivity contribution in [2.24, 2.45) is 0 Å². The maximum Gasteiger partial charge on any atom is 0.0595 e. The van der Waals surface area contributed by atoms with E-state index in [2.05, 4.69) is 31.2 Å². The van der Waals surface area contributed by atoms with E-state index in [1.807, 2.05) is 18.2 Å². The second-order valence-electron chi connectivity index (χ2n) is 5.34. The van der Waals surface area contributed by atoms with Gasteiger partial charge in [-0.3, -0.25) is 0 Å². The van der Waals surface area contributed by atoms with Crippen LogP contribution in [0.4, 0.5) is 0 Å². The van der Waals surface area contributed by atoms with Crippen LogP contribution in [0.1, 0.15) is 16.7 Å². The molecule has 2 aromatic carbocycles. The molecular formula is C17H16Cl4. The Bertz CT molecular complexity index is 601. The van der Waals surface area contributed by atoms with Crippen LogP contribution in [0.3, 0.4) is 0 Å². The highest BCUT2D eigenvalue weighted by molar-refractivity contribution is 6.42. The molecule has 2 rings (SSSR count). The van der Waals surface area contributed by atoms with E-state index in [0.29, 0.717) is 21.8 Å². The third kappa shape index (κ3) is 3.87. The van der Waals surface area contributed by atoms with Gasteiger partial charge in [-0.05, 0) is 36.6 Å². The van der Waals surface area contributed by atoms with Gasteiger partial charge in [0.25, 0.3) is 0 Å². The van der Waals surface area contributed by atoms with Crippen LogP contribution in [0.25, 0.3) is 0 Å². The molecule has 0 nitrogen and oxygen atoms in total. The van der Waals surface area contributed by atoms with Gasteiger partial charge in [-0.1, -0.05) is 59.1 Å². The fraction of sp³-hybridized carbons (Fsp3) is 0.294. The Labute approximate surface area is 146 Å². The van der Waals surface area contributed by atoms with Gasteiger partial charge >= 0.3 is 0 Å². The summed E-state index contributed by atoms with van der Waals surface area (Å²) in [6.07, 6.45) is 0.722. The van der Waals surface area contributed by atoms with Crippen LogP contribution in [-0.2, 0) is 11.8 Å². The van der Waals surface area contributed by atoms with Gasteiger partial charge in [-0.2, -0.15) is 0 Å². The Kier molecular flexibility index (Phi) is 5.85. The van der Waals surface area contributed by atoms with Gasteiger partial charge in [-0.15, -0.1) is 23.2 Å². The lowest BCUT2D eigenvalue weighted by Crippen LogP contribution is -2.33. The fourth-order valence-corrected chi connectivity index (χ4v) is 3.44. The first-order valence-corrected chi connectivity index (χ1v) is 8.46. The molecule has 0 unspecified atom stereocenters. The van der Waals surface area contributed by atoms with Gasteiger partial charge in [0.2, 0.25) is 0 Å². The number of alkyl halides is 2. The van der Waals surface area contributed by atoms with Crippen molar-refractivity contribution >= 4 is 46.4 Å². The second-order valence-corrected chi connectivity index (χ2v) is 6.69. The summed E-state index contributed by atoms with van der Waals surface area (Å²) in [6.45, 7) is 2.06. The van der Waals surface area contributed by atoms with E-state index in [1.54, 1.807) is 0 Å². The van der Waals surface area contributed by atoms with Crippen LogP contribution in [0.2, 0.25) is 10.0 Å². The Hall–Kier alpha value is -0.400. The van der Waals surface area contributed by atoms with E-state index in [4.69, 9.17) is 46.4 Å². The molecular weight excluding hydrogens is 346 g/mol. The van der Waals surface area contributed by atoms with Crippen LogP contribution >= 0.6 is 46.4 Å². The second kappa shape index (κ2) is 7.24. The number of hydrogen-bond acceptors (Lipinski definition) is 0. The minimum absolute atomic E-state index is 0.312. The molecule has 0 saturated carbocycles. The highest BCUT2D eigenvalue weighted by atomic mass is 35.5. The molecule has 0 aliphatic carbocycles. The quantitative estimate of drug-likeness (QED) is 0.551. The zero-order valence-corrected chi connectivity index (χ0v) is 14.7. The summed E-state index contributed by atoms with van der Waals surface area (Å²) >= 11 is 24.6. The number of benzene rings is 2. The standard InChI is InChI=1S/C17H16Cl4/c1-12-2-5-14(6-3-12)17(10-18,11-19)9-13-4-7-15(20)16(21)8-13/h2-8H,9-11H2,1H3. The van der Waals surface area contributed by atoms with Gasteiger partial charge in [0.1, 0.15) is 0 Å². The SMILES string of the molecule is Cc1ccc(C(CCl)(CCl)Cc2ccc(Cl)c(Cl)c2)cc1. The van der Waals surface area contributed by atoms with Crippen LogP contribution in [-0.4, -0.2) is 11.8 Å². The molecule has 21 heavy (non-hydrogen) atoms. The first-order chi connectivity index (χ1) is 10.0. The summed E-state index contributed by atoms with van der Waals surface area (Å²) < 4.78 is 0. The molecule has 0 N–H and O–H groups in total. The molecule has 0 aliphatic rings. The maximum atomic E-state index is 6.28. The van der Waals surface area contributed by atoms with Gasteiger partial charge in [0, 0.05) is 17.2 Å². The van der Waals surface area contributed by atoms with Crippen molar-refractivity contribution in [2.75, 3.05) is 11.8 Å². The fourth-order valence-electron chi connectivity index (χ4n) is 2.33. The molecule has 112 valence electrons. The van der Waals surface area contributed by atoms with Crippen molar-refractivity contribution in [1.82, 2.24) is 0 Å². The molecule has 2 aromatic rings. The van der Waals surface area contributed by atoms with Crippen molar-refractivity contribution in [1.29, 1.82) is 0 Å². The lowest BCUT2D eigenvalue weighted by Gasteiger charge is -2.30. The minimum Gasteiger partial charge on any atom is -0.126 e. The average molecular weight is 362 g/mol. The lowest BCUT2D eigenvalue weighted by molar-refractivity contribution is 0.536. The molecule has 0 fully saturated rings. The summed E-state index contributed by atoms with van der Waals surface area (Å²) in [5, 5.41) is 1.11. The van der Waals surface area contributed by atoms with Crippen LogP contribution < -0.4 is 0 Å². The molecule has 0 spiro atoms. The highest BCUT2D eigenvalue weighted by Gasteiger charge is 2.31. The molecule has 0 radical (unpaired) electrons. The molecule has 0 aromatic heterocycles. The predicted molar refractivity (Wildman–Crippen MR) is 94.5 cm³/mol. The van der Waals surface area contributed by atoms with Crippen molar-refractivity contribution < 1.29 is 0 Å². The topological polar surface area (TPSA) is 0 Å². The van der Waals surface area contributed by atoms with Crippen LogP contribution in [0.15, 0.2) is 42.5 Å². The minimum atomic E-state index is -0.312. The molecule has 0 atom stereocenters. The van der Waals surface area contributed by atoms with E-state index in [1.165, 1.54) is 5.56 Å². The van der Waals surface area contributed by atoms with Crippen LogP contribution in [0.5, 0.6) is 0 Å².